The maximum atomic E-state index is 12.6. The molecular formula is C19H26ClN3O2. The number of anilines is 1. The average Bonchev–Trinajstić information content (AvgIpc) is 2.55. The first kappa shape index (κ1) is 18.2. The molecule has 1 saturated heterocycles. The Labute approximate surface area is 153 Å². The van der Waals surface area contributed by atoms with Gasteiger partial charge in [0.05, 0.1) is 10.6 Å². The van der Waals surface area contributed by atoms with Crippen molar-refractivity contribution >= 4 is 29.1 Å². The summed E-state index contributed by atoms with van der Waals surface area (Å²) in [5.41, 5.74) is 1.03. The van der Waals surface area contributed by atoms with Gasteiger partial charge in [0.25, 0.3) is 5.91 Å². The van der Waals surface area contributed by atoms with Gasteiger partial charge >= 0.3 is 0 Å². The second-order valence-corrected chi connectivity index (χ2v) is 7.61. The van der Waals surface area contributed by atoms with Crippen LogP contribution in [0.4, 0.5) is 5.69 Å². The summed E-state index contributed by atoms with van der Waals surface area (Å²) in [4.78, 5) is 24.9. The van der Waals surface area contributed by atoms with E-state index in [0.29, 0.717) is 22.2 Å². The maximum Gasteiger partial charge on any atom is 0.253 e. The lowest BCUT2D eigenvalue weighted by Crippen LogP contribution is -2.48. The van der Waals surface area contributed by atoms with Crippen LogP contribution in [0.3, 0.4) is 0 Å². The molecule has 2 fully saturated rings. The van der Waals surface area contributed by atoms with Gasteiger partial charge in [0.15, 0.2) is 0 Å². The maximum absolute atomic E-state index is 12.6. The minimum absolute atomic E-state index is 0.0209. The summed E-state index contributed by atoms with van der Waals surface area (Å²) in [7, 11) is 0. The molecule has 1 aromatic carbocycles. The normalized spacial score (nSPS) is 19.8. The highest BCUT2D eigenvalue weighted by atomic mass is 35.5. The largest absolute Gasteiger partial charge is 0.349 e. The van der Waals surface area contributed by atoms with Crippen molar-refractivity contribution < 1.29 is 9.59 Å². The lowest BCUT2D eigenvalue weighted by Gasteiger charge is -2.31. The van der Waals surface area contributed by atoms with Crippen LogP contribution in [0, 0.1) is 11.8 Å². The molecule has 3 N–H and O–H groups in total. The molecule has 1 aliphatic carbocycles. The Balaban J connectivity index is 1.64. The number of rotatable bonds is 5. The van der Waals surface area contributed by atoms with Crippen molar-refractivity contribution in [3.8, 4) is 0 Å². The van der Waals surface area contributed by atoms with Gasteiger partial charge in [-0.15, -0.1) is 0 Å². The highest BCUT2D eigenvalue weighted by molar-refractivity contribution is 6.34. The SMILES string of the molecule is CC(C(=O)Nc1ccc(Cl)c(C(=O)NC2CCCCC2)c1)C1CNC1. The summed E-state index contributed by atoms with van der Waals surface area (Å²) < 4.78 is 0. The zero-order valence-electron chi connectivity index (χ0n) is 14.6. The van der Waals surface area contributed by atoms with Crippen LogP contribution in [-0.4, -0.2) is 30.9 Å². The predicted molar refractivity (Wildman–Crippen MR) is 99.9 cm³/mol. The monoisotopic (exact) mass is 363 g/mol. The number of nitrogens with one attached hydrogen (secondary N) is 3. The lowest BCUT2D eigenvalue weighted by atomic mass is 9.88. The van der Waals surface area contributed by atoms with Crippen LogP contribution in [0.5, 0.6) is 0 Å². The quantitative estimate of drug-likeness (QED) is 0.752. The van der Waals surface area contributed by atoms with E-state index in [4.69, 9.17) is 11.6 Å². The van der Waals surface area contributed by atoms with Crippen molar-refractivity contribution in [2.45, 2.75) is 45.1 Å². The third kappa shape index (κ3) is 4.53. The van der Waals surface area contributed by atoms with Gasteiger partial charge in [0.1, 0.15) is 0 Å². The second-order valence-electron chi connectivity index (χ2n) is 7.20. The van der Waals surface area contributed by atoms with Crippen molar-refractivity contribution in [3.05, 3.63) is 28.8 Å². The average molecular weight is 364 g/mol. The molecule has 1 aliphatic heterocycles. The highest BCUT2D eigenvalue weighted by Gasteiger charge is 2.29. The first-order valence-corrected chi connectivity index (χ1v) is 9.54. The number of halogens is 1. The van der Waals surface area contributed by atoms with E-state index in [1.165, 1.54) is 6.42 Å². The van der Waals surface area contributed by atoms with E-state index < -0.39 is 0 Å². The Morgan fingerprint density at radius 2 is 1.92 bits per heavy atom. The lowest BCUT2D eigenvalue weighted by molar-refractivity contribution is -0.121. The number of amides is 2. The number of carbonyl (C=O) groups is 2. The molecule has 0 aromatic heterocycles. The number of benzene rings is 1. The van der Waals surface area contributed by atoms with E-state index in [1.807, 2.05) is 6.92 Å². The Kier molecular flexibility index (Phi) is 5.97. The molecule has 136 valence electrons. The van der Waals surface area contributed by atoms with Gasteiger partial charge in [-0.3, -0.25) is 9.59 Å². The fourth-order valence-corrected chi connectivity index (χ4v) is 3.63. The van der Waals surface area contributed by atoms with Crippen LogP contribution in [0.1, 0.15) is 49.4 Å². The summed E-state index contributed by atoms with van der Waals surface area (Å²) in [5.74, 6) is 0.134. The molecule has 1 aromatic rings. The van der Waals surface area contributed by atoms with Crippen LogP contribution < -0.4 is 16.0 Å². The van der Waals surface area contributed by atoms with Crippen molar-refractivity contribution in [3.63, 3.8) is 0 Å². The molecule has 2 aliphatic rings. The van der Waals surface area contributed by atoms with E-state index in [9.17, 15) is 9.59 Å². The van der Waals surface area contributed by atoms with Crippen molar-refractivity contribution in [1.82, 2.24) is 10.6 Å². The minimum atomic E-state index is -0.163. The molecule has 0 radical (unpaired) electrons. The summed E-state index contributed by atoms with van der Waals surface area (Å²) >= 11 is 6.21. The minimum Gasteiger partial charge on any atom is -0.349 e. The molecule has 1 heterocycles. The van der Waals surface area contributed by atoms with Gasteiger partial charge in [-0.25, -0.2) is 0 Å². The molecule has 1 unspecified atom stereocenters. The number of carbonyl (C=O) groups excluding carboxylic acids is 2. The third-order valence-electron chi connectivity index (χ3n) is 5.35. The first-order chi connectivity index (χ1) is 12.0. The summed E-state index contributed by atoms with van der Waals surface area (Å²) in [6, 6.07) is 5.30. The Morgan fingerprint density at radius 3 is 2.56 bits per heavy atom. The zero-order chi connectivity index (χ0) is 17.8. The molecule has 5 nitrogen and oxygen atoms in total. The van der Waals surface area contributed by atoms with Crippen molar-refractivity contribution in [2.24, 2.45) is 11.8 Å². The van der Waals surface area contributed by atoms with Crippen LogP contribution in [0.25, 0.3) is 0 Å². The summed E-state index contributed by atoms with van der Waals surface area (Å²) in [5, 5.41) is 9.57. The number of hydrogen-bond donors (Lipinski definition) is 3. The van der Waals surface area contributed by atoms with Crippen molar-refractivity contribution in [1.29, 1.82) is 0 Å². The van der Waals surface area contributed by atoms with E-state index in [2.05, 4.69) is 16.0 Å². The molecule has 6 heteroatoms. The molecule has 0 bridgehead atoms. The van der Waals surface area contributed by atoms with Crippen molar-refractivity contribution in [2.75, 3.05) is 18.4 Å². The summed E-state index contributed by atoms with van der Waals surface area (Å²) in [6.45, 7) is 3.70. The van der Waals surface area contributed by atoms with Crippen LogP contribution >= 0.6 is 11.6 Å². The molecule has 0 spiro atoms. The molecule has 25 heavy (non-hydrogen) atoms. The fraction of sp³-hybridized carbons (Fsp3) is 0.579. The third-order valence-corrected chi connectivity index (χ3v) is 5.68. The van der Waals surface area contributed by atoms with Gasteiger partial charge in [-0.2, -0.15) is 0 Å². The Hall–Kier alpha value is -1.59. The van der Waals surface area contributed by atoms with Gasteiger partial charge in [0, 0.05) is 17.6 Å². The topological polar surface area (TPSA) is 70.2 Å². The van der Waals surface area contributed by atoms with E-state index >= 15 is 0 Å². The van der Waals surface area contributed by atoms with Gasteiger partial charge in [-0.1, -0.05) is 37.8 Å². The van der Waals surface area contributed by atoms with Gasteiger partial charge < -0.3 is 16.0 Å². The number of hydrogen-bond acceptors (Lipinski definition) is 3. The smallest absolute Gasteiger partial charge is 0.253 e. The van der Waals surface area contributed by atoms with E-state index in [0.717, 1.165) is 38.8 Å². The van der Waals surface area contributed by atoms with Gasteiger partial charge in [-0.05, 0) is 50.0 Å². The Morgan fingerprint density at radius 1 is 1.20 bits per heavy atom. The Bertz CT molecular complexity index is 640. The highest BCUT2D eigenvalue weighted by Crippen LogP contribution is 2.24. The summed E-state index contributed by atoms with van der Waals surface area (Å²) in [6.07, 6.45) is 5.59. The molecule has 1 saturated carbocycles. The van der Waals surface area contributed by atoms with Crippen LogP contribution in [0.15, 0.2) is 18.2 Å². The molecule has 3 rings (SSSR count). The van der Waals surface area contributed by atoms with Crippen LogP contribution in [-0.2, 0) is 4.79 Å². The second kappa shape index (κ2) is 8.19. The first-order valence-electron chi connectivity index (χ1n) is 9.16. The zero-order valence-corrected chi connectivity index (χ0v) is 15.4. The van der Waals surface area contributed by atoms with E-state index in [1.54, 1.807) is 18.2 Å². The van der Waals surface area contributed by atoms with Gasteiger partial charge in [0.2, 0.25) is 5.91 Å². The standard InChI is InChI=1S/C19H26ClN3O2/c1-12(13-10-21-11-13)18(24)23-15-7-8-17(20)16(9-15)19(25)22-14-5-3-2-4-6-14/h7-9,12-14,21H,2-6,10-11H2,1H3,(H,22,25)(H,23,24). The van der Waals surface area contributed by atoms with Crippen LogP contribution in [0.2, 0.25) is 5.02 Å². The van der Waals surface area contributed by atoms with E-state index in [-0.39, 0.29) is 23.8 Å². The molecular weight excluding hydrogens is 338 g/mol. The predicted octanol–water partition coefficient (Wildman–Crippen LogP) is 3.20. The fourth-order valence-electron chi connectivity index (χ4n) is 3.42. The molecule has 1 atom stereocenters. The molecule has 2 amide bonds.